The van der Waals surface area contributed by atoms with Crippen LogP contribution in [0.2, 0.25) is 0 Å². The van der Waals surface area contributed by atoms with Gasteiger partial charge in [-0.2, -0.15) is 13.2 Å². The summed E-state index contributed by atoms with van der Waals surface area (Å²) in [5, 5.41) is 2.48. The molecule has 0 radical (unpaired) electrons. The van der Waals surface area contributed by atoms with Crippen molar-refractivity contribution in [1.82, 2.24) is 0 Å². The van der Waals surface area contributed by atoms with Gasteiger partial charge in [-0.25, -0.2) is 4.79 Å². The topological polar surface area (TPSA) is 64.3 Å². The molecule has 1 rings (SSSR count). The second-order valence-electron chi connectivity index (χ2n) is 6.57. The Hall–Kier alpha value is -1.76. The Morgan fingerprint density at radius 1 is 1.13 bits per heavy atom. The number of ether oxygens (including phenoxy) is 1. The minimum atomic E-state index is -4.41. The molecule has 130 valence electrons. The second-order valence-corrected chi connectivity index (χ2v) is 6.57. The van der Waals surface area contributed by atoms with Gasteiger partial charge >= 0.3 is 12.3 Å². The van der Waals surface area contributed by atoms with Gasteiger partial charge in [0.2, 0.25) is 0 Å². The van der Waals surface area contributed by atoms with E-state index in [9.17, 15) is 18.0 Å². The number of nitrogens with two attached hydrogens (primary N) is 1. The van der Waals surface area contributed by atoms with E-state index in [-0.39, 0.29) is 18.5 Å². The van der Waals surface area contributed by atoms with E-state index in [2.05, 4.69) is 5.32 Å². The van der Waals surface area contributed by atoms with Crippen molar-refractivity contribution in [3.63, 3.8) is 0 Å². The van der Waals surface area contributed by atoms with Crippen molar-refractivity contribution in [3.8, 4) is 0 Å². The molecule has 0 spiro atoms. The monoisotopic (exact) mass is 332 g/mol. The lowest BCUT2D eigenvalue weighted by Gasteiger charge is -2.32. The van der Waals surface area contributed by atoms with Crippen LogP contribution in [0.1, 0.15) is 39.7 Å². The fourth-order valence-corrected chi connectivity index (χ4v) is 2.08. The average molecular weight is 332 g/mol. The van der Waals surface area contributed by atoms with E-state index in [1.165, 1.54) is 24.3 Å². The molecule has 0 aliphatic rings. The van der Waals surface area contributed by atoms with Crippen LogP contribution in [0.4, 0.5) is 23.7 Å². The van der Waals surface area contributed by atoms with Gasteiger partial charge in [0.25, 0.3) is 0 Å². The van der Waals surface area contributed by atoms with Crippen LogP contribution >= 0.6 is 0 Å². The number of carbonyl (C=O) groups excluding carboxylic acids is 1. The molecule has 0 aromatic heterocycles. The van der Waals surface area contributed by atoms with Crippen molar-refractivity contribution in [2.75, 3.05) is 11.9 Å². The van der Waals surface area contributed by atoms with Crippen molar-refractivity contribution in [2.24, 2.45) is 5.73 Å². The van der Waals surface area contributed by atoms with Crippen LogP contribution in [-0.4, -0.2) is 24.4 Å². The van der Waals surface area contributed by atoms with Crippen molar-refractivity contribution >= 4 is 11.8 Å². The summed E-state index contributed by atoms with van der Waals surface area (Å²) in [6, 6.07) is 5.52. The molecular formula is C16H23F3N2O2. The van der Waals surface area contributed by atoms with Crippen molar-refractivity contribution in [2.45, 2.75) is 51.3 Å². The summed E-state index contributed by atoms with van der Waals surface area (Å²) in [5.41, 5.74) is 3.12. The lowest BCUT2D eigenvalue weighted by Crippen LogP contribution is -2.41. The predicted molar refractivity (Wildman–Crippen MR) is 83.4 cm³/mol. The second kappa shape index (κ2) is 6.78. The summed E-state index contributed by atoms with van der Waals surface area (Å²) in [6.07, 6.45) is -5.28. The maximum atomic E-state index is 13.3. The van der Waals surface area contributed by atoms with Crippen LogP contribution in [0, 0.1) is 0 Å². The Labute approximate surface area is 134 Å². The summed E-state index contributed by atoms with van der Waals surface area (Å²) in [5.74, 6) is 0. The maximum absolute atomic E-state index is 13.3. The van der Waals surface area contributed by atoms with Crippen LogP contribution in [-0.2, 0) is 10.2 Å². The number of anilines is 1. The first-order chi connectivity index (χ1) is 10.4. The van der Waals surface area contributed by atoms with Gasteiger partial charge in [-0.3, -0.25) is 5.32 Å². The third-order valence-corrected chi connectivity index (χ3v) is 3.44. The number of halogens is 3. The summed E-state index contributed by atoms with van der Waals surface area (Å²) >= 11 is 0. The van der Waals surface area contributed by atoms with E-state index >= 15 is 0 Å². The Bertz CT molecular complexity index is 536. The number of hydrogen-bond acceptors (Lipinski definition) is 3. The molecule has 0 aliphatic heterocycles. The van der Waals surface area contributed by atoms with E-state index < -0.39 is 23.3 Å². The highest BCUT2D eigenvalue weighted by Crippen LogP contribution is 2.43. The highest BCUT2D eigenvalue weighted by atomic mass is 19.4. The van der Waals surface area contributed by atoms with Crippen molar-refractivity contribution in [3.05, 3.63) is 29.8 Å². The van der Waals surface area contributed by atoms with E-state index in [1.807, 2.05) is 0 Å². The van der Waals surface area contributed by atoms with Crippen LogP contribution in [0.15, 0.2) is 24.3 Å². The van der Waals surface area contributed by atoms with Crippen LogP contribution in [0.25, 0.3) is 0 Å². The standard InChI is InChI=1S/C16H23F3N2O2/c1-14(2,3)23-13(22)21-12-7-5-11(6-8-12)15(4,9-10-20)16(17,18)19/h5-8H,9-10,20H2,1-4H3,(H,21,22). The van der Waals surface area contributed by atoms with Crippen LogP contribution in [0.3, 0.4) is 0 Å². The summed E-state index contributed by atoms with van der Waals surface area (Å²) in [7, 11) is 0. The van der Waals surface area contributed by atoms with E-state index in [0.717, 1.165) is 6.92 Å². The molecule has 0 fully saturated rings. The average Bonchev–Trinajstić information content (AvgIpc) is 2.36. The molecular weight excluding hydrogens is 309 g/mol. The predicted octanol–water partition coefficient (Wildman–Crippen LogP) is 4.20. The number of carbonyl (C=O) groups is 1. The highest BCUT2D eigenvalue weighted by molar-refractivity contribution is 5.84. The molecule has 1 aromatic carbocycles. The molecule has 1 atom stereocenters. The zero-order valence-corrected chi connectivity index (χ0v) is 13.8. The summed E-state index contributed by atoms with van der Waals surface area (Å²) < 4.78 is 45.1. The third kappa shape index (κ3) is 5.13. The minimum absolute atomic E-state index is 0.0755. The van der Waals surface area contributed by atoms with E-state index in [1.54, 1.807) is 20.8 Å². The zero-order chi connectivity index (χ0) is 17.9. The molecule has 7 heteroatoms. The van der Waals surface area contributed by atoms with Gasteiger partial charge in [-0.15, -0.1) is 0 Å². The molecule has 4 nitrogen and oxygen atoms in total. The normalized spacial score (nSPS) is 15.0. The molecule has 0 saturated heterocycles. The maximum Gasteiger partial charge on any atom is 0.412 e. The molecule has 1 unspecified atom stereocenters. The first-order valence-corrected chi connectivity index (χ1v) is 7.26. The fourth-order valence-electron chi connectivity index (χ4n) is 2.08. The first-order valence-electron chi connectivity index (χ1n) is 7.26. The SMILES string of the molecule is CC(C)(C)OC(=O)Nc1ccc(C(C)(CCN)C(F)(F)F)cc1. The molecule has 0 bridgehead atoms. The van der Waals surface area contributed by atoms with Crippen LogP contribution in [0.5, 0.6) is 0 Å². The number of hydrogen-bond donors (Lipinski definition) is 2. The molecule has 23 heavy (non-hydrogen) atoms. The van der Waals surface area contributed by atoms with Gasteiger partial charge in [-0.1, -0.05) is 12.1 Å². The Morgan fingerprint density at radius 3 is 2.04 bits per heavy atom. The van der Waals surface area contributed by atoms with Gasteiger partial charge in [0.15, 0.2) is 0 Å². The smallest absolute Gasteiger partial charge is 0.412 e. The van der Waals surface area contributed by atoms with Gasteiger partial charge in [0.1, 0.15) is 5.60 Å². The Kier molecular flexibility index (Phi) is 5.69. The zero-order valence-electron chi connectivity index (χ0n) is 13.8. The molecule has 1 aromatic rings. The van der Waals surface area contributed by atoms with E-state index in [4.69, 9.17) is 10.5 Å². The molecule has 0 saturated carbocycles. The van der Waals surface area contributed by atoms with Gasteiger partial charge < -0.3 is 10.5 Å². The lowest BCUT2D eigenvalue weighted by molar-refractivity contribution is -0.187. The van der Waals surface area contributed by atoms with Crippen molar-refractivity contribution in [1.29, 1.82) is 0 Å². The third-order valence-electron chi connectivity index (χ3n) is 3.44. The van der Waals surface area contributed by atoms with Gasteiger partial charge in [0.05, 0.1) is 5.41 Å². The number of alkyl halides is 3. The van der Waals surface area contributed by atoms with Crippen LogP contribution < -0.4 is 11.1 Å². The molecule has 0 aliphatic carbocycles. The number of nitrogens with one attached hydrogen (secondary N) is 1. The lowest BCUT2D eigenvalue weighted by atomic mass is 9.78. The summed E-state index contributed by atoms with van der Waals surface area (Å²) in [6.45, 7) is 6.20. The van der Waals surface area contributed by atoms with Crippen molar-refractivity contribution < 1.29 is 22.7 Å². The Morgan fingerprint density at radius 2 is 1.65 bits per heavy atom. The summed E-state index contributed by atoms with van der Waals surface area (Å²) in [4.78, 5) is 11.6. The van der Waals surface area contributed by atoms with Gasteiger partial charge in [0, 0.05) is 5.69 Å². The molecule has 1 amide bonds. The quantitative estimate of drug-likeness (QED) is 0.868. The first kappa shape index (κ1) is 19.3. The minimum Gasteiger partial charge on any atom is -0.444 e. The Balaban J connectivity index is 2.93. The molecule has 0 heterocycles. The number of benzene rings is 1. The fraction of sp³-hybridized carbons (Fsp3) is 0.562. The van der Waals surface area contributed by atoms with E-state index in [0.29, 0.717) is 5.69 Å². The van der Waals surface area contributed by atoms with Gasteiger partial charge in [-0.05, 0) is 58.4 Å². The molecule has 3 N–H and O–H groups in total. The number of rotatable bonds is 4. The highest BCUT2D eigenvalue weighted by Gasteiger charge is 2.51. The number of amides is 1. The largest absolute Gasteiger partial charge is 0.444 e.